The van der Waals surface area contributed by atoms with Crippen LogP contribution in [0.5, 0.6) is 5.75 Å². The van der Waals surface area contributed by atoms with Gasteiger partial charge in [-0.05, 0) is 62.6 Å². The molecule has 4 aromatic rings. The summed E-state index contributed by atoms with van der Waals surface area (Å²) in [6.07, 6.45) is 8.75. The minimum absolute atomic E-state index is 0.235. The van der Waals surface area contributed by atoms with Crippen LogP contribution in [0.15, 0.2) is 70.1 Å². The lowest BCUT2D eigenvalue weighted by molar-refractivity contribution is 0.0933. The van der Waals surface area contributed by atoms with E-state index < -0.39 is 0 Å². The molecule has 38 heavy (non-hydrogen) atoms. The second kappa shape index (κ2) is 11.9. The van der Waals surface area contributed by atoms with Gasteiger partial charge in [0, 0.05) is 42.5 Å². The average molecular weight is 516 g/mol. The maximum atomic E-state index is 12.9. The third-order valence-electron chi connectivity index (χ3n) is 6.88. The smallest absolute Gasteiger partial charge is 0.251 e. The molecule has 198 valence electrons. The van der Waals surface area contributed by atoms with E-state index in [1.807, 2.05) is 13.0 Å². The van der Waals surface area contributed by atoms with Gasteiger partial charge in [-0.2, -0.15) is 0 Å². The molecule has 4 heterocycles. The van der Waals surface area contributed by atoms with E-state index in [9.17, 15) is 4.79 Å². The minimum atomic E-state index is -0.333. The number of ether oxygens (including phenoxy) is 1. The van der Waals surface area contributed by atoms with Crippen LogP contribution < -0.4 is 15.0 Å². The lowest BCUT2D eigenvalue weighted by Gasteiger charge is -2.32. The fourth-order valence-corrected chi connectivity index (χ4v) is 4.61. The maximum absolute atomic E-state index is 12.9. The van der Waals surface area contributed by atoms with Crippen LogP contribution >= 0.6 is 0 Å². The maximum Gasteiger partial charge on any atom is 0.251 e. The molecule has 1 N–H and O–H groups in total. The molecule has 9 nitrogen and oxygen atoms in total. The highest BCUT2D eigenvalue weighted by Gasteiger charge is 2.25. The molecule has 0 radical (unpaired) electrons. The third kappa shape index (κ3) is 6.04. The van der Waals surface area contributed by atoms with Crippen LogP contribution in [0.25, 0.3) is 11.6 Å². The van der Waals surface area contributed by atoms with E-state index in [1.54, 1.807) is 24.5 Å². The third-order valence-corrected chi connectivity index (χ3v) is 6.88. The molecule has 0 saturated carbocycles. The molecule has 1 aliphatic rings. The van der Waals surface area contributed by atoms with Crippen molar-refractivity contribution < 1.29 is 18.5 Å². The summed E-state index contributed by atoms with van der Waals surface area (Å²) >= 11 is 0. The van der Waals surface area contributed by atoms with Gasteiger partial charge in [0.05, 0.1) is 24.5 Å². The number of carbonyl (C=O) groups is 1. The van der Waals surface area contributed by atoms with Gasteiger partial charge in [0.25, 0.3) is 5.91 Å². The second-order valence-electron chi connectivity index (χ2n) is 9.57. The lowest BCUT2D eigenvalue weighted by Crippen LogP contribution is -2.32. The number of anilines is 1. The Hall–Kier alpha value is -4.14. The number of amides is 1. The molecule has 1 amide bonds. The number of aromatic nitrogens is 3. The Balaban J connectivity index is 1.14. The van der Waals surface area contributed by atoms with E-state index in [4.69, 9.17) is 13.7 Å². The van der Waals surface area contributed by atoms with Crippen molar-refractivity contribution >= 4 is 11.6 Å². The van der Waals surface area contributed by atoms with Crippen molar-refractivity contribution in [1.82, 2.24) is 20.4 Å². The molecule has 1 aromatic carbocycles. The van der Waals surface area contributed by atoms with E-state index in [0.717, 1.165) is 56.8 Å². The van der Waals surface area contributed by atoms with Gasteiger partial charge in [-0.1, -0.05) is 18.5 Å². The number of rotatable bonds is 10. The molecule has 0 spiro atoms. The van der Waals surface area contributed by atoms with Crippen LogP contribution in [0.3, 0.4) is 0 Å². The van der Waals surface area contributed by atoms with Crippen LogP contribution in [-0.4, -0.2) is 40.7 Å². The summed E-state index contributed by atoms with van der Waals surface area (Å²) in [6, 6.07) is 13.3. The van der Waals surface area contributed by atoms with Crippen LogP contribution in [0.1, 0.15) is 73.3 Å². The van der Waals surface area contributed by atoms with Gasteiger partial charge >= 0.3 is 0 Å². The second-order valence-corrected chi connectivity index (χ2v) is 9.57. The highest BCUT2D eigenvalue weighted by atomic mass is 16.5. The first-order valence-corrected chi connectivity index (χ1v) is 13.2. The first-order valence-electron chi connectivity index (χ1n) is 13.2. The predicted molar refractivity (Wildman–Crippen MR) is 143 cm³/mol. The van der Waals surface area contributed by atoms with Crippen molar-refractivity contribution in [2.75, 3.05) is 24.6 Å². The average Bonchev–Trinajstić information content (AvgIpc) is 3.67. The van der Waals surface area contributed by atoms with E-state index in [0.29, 0.717) is 28.8 Å². The molecule has 0 unspecified atom stereocenters. The number of hydrogen-bond acceptors (Lipinski definition) is 8. The SMILES string of the molecule is CCCCOc1ccc(N2CCC(c3cc([C@H](C)NC(=O)c4ccnc(-c5ncco5)c4)on3)CC2)cc1. The van der Waals surface area contributed by atoms with Crippen molar-refractivity contribution in [3.8, 4) is 17.3 Å². The summed E-state index contributed by atoms with van der Waals surface area (Å²) in [5.41, 5.74) is 3.12. The first-order chi connectivity index (χ1) is 18.6. The largest absolute Gasteiger partial charge is 0.494 e. The lowest BCUT2D eigenvalue weighted by atomic mass is 9.93. The molecule has 5 rings (SSSR count). The topological polar surface area (TPSA) is 107 Å². The van der Waals surface area contributed by atoms with Crippen LogP contribution in [-0.2, 0) is 0 Å². The highest BCUT2D eigenvalue weighted by molar-refractivity contribution is 5.95. The van der Waals surface area contributed by atoms with Crippen LogP contribution in [0.2, 0.25) is 0 Å². The number of carbonyl (C=O) groups excluding carboxylic acids is 1. The number of nitrogens with zero attached hydrogens (tertiary/aromatic N) is 4. The summed E-state index contributed by atoms with van der Waals surface area (Å²) in [5.74, 6) is 2.02. The van der Waals surface area contributed by atoms with Gasteiger partial charge in [-0.3, -0.25) is 9.78 Å². The van der Waals surface area contributed by atoms with Crippen molar-refractivity contribution in [2.24, 2.45) is 0 Å². The van der Waals surface area contributed by atoms with Gasteiger partial charge < -0.3 is 23.9 Å². The molecule has 0 bridgehead atoms. The number of hydrogen-bond donors (Lipinski definition) is 1. The quantitative estimate of drug-likeness (QED) is 0.265. The van der Waals surface area contributed by atoms with Crippen LogP contribution in [0, 0.1) is 0 Å². The Kier molecular flexibility index (Phi) is 8.01. The summed E-state index contributed by atoms with van der Waals surface area (Å²) < 4.78 is 16.7. The van der Waals surface area contributed by atoms with E-state index >= 15 is 0 Å². The molecule has 9 heteroatoms. The molecule has 1 atom stereocenters. The number of benzene rings is 1. The Bertz CT molecular complexity index is 1310. The van der Waals surface area contributed by atoms with Gasteiger partial charge in [0.15, 0.2) is 5.76 Å². The van der Waals surface area contributed by atoms with Gasteiger partial charge in [-0.25, -0.2) is 4.98 Å². The van der Waals surface area contributed by atoms with Gasteiger partial charge in [0.1, 0.15) is 17.7 Å². The monoisotopic (exact) mass is 515 g/mol. The Morgan fingerprint density at radius 2 is 1.95 bits per heavy atom. The number of nitrogens with one attached hydrogen (secondary N) is 1. The van der Waals surface area contributed by atoms with Gasteiger partial charge in [-0.15, -0.1) is 0 Å². The van der Waals surface area contributed by atoms with E-state index in [2.05, 4.69) is 56.5 Å². The summed E-state index contributed by atoms with van der Waals surface area (Å²) in [6.45, 7) is 6.71. The number of piperidine rings is 1. The Morgan fingerprint density at radius 3 is 2.68 bits per heavy atom. The highest BCUT2D eigenvalue weighted by Crippen LogP contribution is 2.32. The van der Waals surface area contributed by atoms with Crippen LogP contribution in [0.4, 0.5) is 5.69 Å². The Labute approximate surface area is 222 Å². The molecular formula is C29H33N5O4. The minimum Gasteiger partial charge on any atom is -0.494 e. The zero-order valence-corrected chi connectivity index (χ0v) is 21.8. The molecular weight excluding hydrogens is 482 g/mol. The summed E-state index contributed by atoms with van der Waals surface area (Å²) in [7, 11) is 0. The summed E-state index contributed by atoms with van der Waals surface area (Å²) in [5, 5.41) is 7.32. The van der Waals surface area contributed by atoms with Gasteiger partial charge in [0.2, 0.25) is 5.89 Å². The summed E-state index contributed by atoms with van der Waals surface area (Å²) in [4.78, 5) is 23.6. The zero-order chi connectivity index (χ0) is 26.3. The molecule has 0 aliphatic carbocycles. The molecule has 1 fully saturated rings. The fraction of sp³-hybridized carbons (Fsp3) is 0.379. The number of pyridine rings is 1. The molecule has 1 saturated heterocycles. The standard InChI is InChI=1S/C29H33N5O4/c1-3-4-16-36-24-7-5-23(6-8-24)34-14-10-21(11-15-34)25-19-27(38-33-25)20(2)32-28(35)22-9-12-30-26(18-22)29-31-13-17-37-29/h5-9,12-13,17-21H,3-4,10-11,14-16H2,1-2H3,(H,32,35)/t20-/m0/s1. The van der Waals surface area contributed by atoms with Crippen molar-refractivity contribution in [3.05, 3.63) is 78.1 Å². The molecule has 1 aliphatic heterocycles. The number of unbranched alkanes of at least 4 members (excludes halogenated alkanes) is 1. The normalized spacial score (nSPS) is 14.8. The van der Waals surface area contributed by atoms with Crippen molar-refractivity contribution in [3.63, 3.8) is 0 Å². The Morgan fingerprint density at radius 1 is 1.13 bits per heavy atom. The predicted octanol–water partition coefficient (Wildman–Crippen LogP) is 5.78. The first kappa shape index (κ1) is 25.5. The van der Waals surface area contributed by atoms with Crippen molar-refractivity contribution in [2.45, 2.75) is 51.5 Å². The van der Waals surface area contributed by atoms with Crippen molar-refractivity contribution in [1.29, 1.82) is 0 Å². The van der Waals surface area contributed by atoms with E-state index in [1.165, 1.54) is 12.0 Å². The van der Waals surface area contributed by atoms with E-state index in [-0.39, 0.29) is 11.9 Å². The molecule has 3 aromatic heterocycles. The fourth-order valence-electron chi connectivity index (χ4n) is 4.61. The zero-order valence-electron chi connectivity index (χ0n) is 21.8. The number of oxazole rings is 1.